The van der Waals surface area contributed by atoms with Crippen molar-refractivity contribution in [3.05, 3.63) is 65.2 Å². The van der Waals surface area contributed by atoms with Crippen molar-refractivity contribution in [2.45, 2.75) is 26.2 Å². The lowest BCUT2D eigenvalue weighted by molar-refractivity contribution is 0.0993. The molecule has 0 spiro atoms. The summed E-state index contributed by atoms with van der Waals surface area (Å²) in [6.07, 6.45) is 0.355. The molecule has 0 heterocycles. The van der Waals surface area contributed by atoms with Gasteiger partial charge in [-0.05, 0) is 23.1 Å². The molecule has 0 unspecified atom stereocenters. The number of nitrogen functional groups attached to an aromatic ring is 1. The van der Waals surface area contributed by atoms with E-state index in [4.69, 9.17) is 5.73 Å². The molecule has 2 N–H and O–H groups in total. The summed E-state index contributed by atoms with van der Waals surface area (Å²) in [6, 6.07) is 15.3. The standard InChI is InChI=1S/C17H19NO/c1-12(2)13-7-9-14(10-8-13)17(19)11-15-5-3-4-6-16(15)18/h3-10,12H,11,18H2,1-2H3. The highest BCUT2D eigenvalue weighted by atomic mass is 16.1. The van der Waals surface area contributed by atoms with E-state index in [9.17, 15) is 4.79 Å². The molecule has 0 saturated heterocycles. The number of carbonyl (C=O) groups excluding carboxylic acids is 1. The van der Waals surface area contributed by atoms with Crippen LogP contribution in [-0.2, 0) is 6.42 Å². The summed E-state index contributed by atoms with van der Waals surface area (Å²) < 4.78 is 0. The lowest BCUT2D eigenvalue weighted by Crippen LogP contribution is -2.06. The minimum Gasteiger partial charge on any atom is -0.398 e. The minimum atomic E-state index is 0.105. The maximum atomic E-state index is 12.2. The molecule has 0 fully saturated rings. The van der Waals surface area contributed by atoms with Gasteiger partial charge in [0, 0.05) is 17.7 Å². The molecule has 0 aliphatic heterocycles. The second-order valence-electron chi connectivity index (χ2n) is 5.08. The van der Waals surface area contributed by atoms with E-state index in [-0.39, 0.29) is 5.78 Å². The highest BCUT2D eigenvalue weighted by Crippen LogP contribution is 2.17. The molecular weight excluding hydrogens is 234 g/mol. The smallest absolute Gasteiger partial charge is 0.167 e. The Morgan fingerprint density at radius 2 is 1.68 bits per heavy atom. The zero-order chi connectivity index (χ0) is 13.8. The van der Waals surface area contributed by atoms with E-state index in [1.165, 1.54) is 5.56 Å². The number of ketones is 1. The largest absolute Gasteiger partial charge is 0.398 e. The fourth-order valence-corrected chi connectivity index (χ4v) is 2.02. The molecule has 2 nitrogen and oxygen atoms in total. The molecule has 0 aliphatic carbocycles. The van der Waals surface area contributed by atoms with Crippen LogP contribution in [0.25, 0.3) is 0 Å². The van der Waals surface area contributed by atoms with Gasteiger partial charge in [-0.15, -0.1) is 0 Å². The number of anilines is 1. The lowest BCUT2D eigenvalue weighted by atomic mass is 9.98. The van der Waals surface area contributed by atoms with Gasteiger partial charge < -0.3 is 5.73 Å². The fraction of sp³-hybridized carbons (Fsp3) is 0.235. The van der Waals surface area contributed by atoms with Crippen LogP contribution < -0.4 is 5.73 Å². The highest BCUT2D eigenvalue weighted by molar-refractivity contribution is 5.98. The Balaban J connectivity index is 2.14. The normalized spacial score (nSPS) is 10.7. The molecular formula is C17H19NO. The first-order valence-electron chi connectivity index (χ1n) is 6.54. The molecule has 0 aliphatic rings. The van der Waals surface area contributed by atoms with E-state index in [0.29, 0.717) is 18.0 Å². The number of carbonyl (C=O) groups is 1. The monoisotopic (exact) mass is 253 g/mol. The van der Waals surface area contributed by atoms with Gasteiger partial charge in [0.15, 0.2) is 5.78 Å². The van der Waals surface area contributed by atoms with Crippen LogP contribution in [0, 0.1) is 0 Å². The van der Waals surface area contributed by atoms with Crippen molar-refractivity contribution in [3.8, 4) is 0 Å². The average molecular weight is 253 g/mol. The molecule has 0 amide bonds. The van der Waals surface area contributed by atoms with Gasteiger partial charge >= 0.3 is 0 Å². The molecule has 0 aromatic heterocycles. The summed E-state index contributed by atoms with van der Waals surface area (Å²) in [4.78, 5) is 12.2. The predicted molar refractivity (Wildman–Crippen MR) is 79.4 cm³/mol. The quantitative estimate of drug-likeness (QED) is 0.665. The van der Waals surface area contributed by atoms with Crippen LogP contribution >= 0.6 is 0 Å². The van der Waals surface area contributed by atoms with Gasteiger partial charge in [-0.1, -0.05) is 56.3 Å². The Hall–Kier alpha value is -2.09. The van der Waals surface area contributed by atoms with Gasteiger partial charge in [-0.25, -0.2) is 0 Å². The third-order valence-corrected chi connectivity index (χ3v) is 3.31. The van der Waals surface area contributed by atoms with Crippen molar-refractivity contribution in [2.24, 2.45) is 0 Å². The number of Topliss-reactive ketones (excluding diaryl/α,β-unsaturated/α-hetero) is 1. The van der Waals surface area contributed by atoms with Crippen LogP contribution in [-0.4, -0.2) is 5.78 Å². The van der Waals surface area contributed by atoms with Crippen molar-refractivity contribution in [1.29, 1.82) is 0 Å². The summed E-state index contributed by atoms with van der Waals surface area (Å²) in [6.45, 7) is 4.28. The van der Waals surface area contributed by atoms with E-state index < -0.39 is 0 Å². The Labute approximate surface area is 114 Å². The van der Waals surface area contributed by atoms with Crippen molar-refractivity contribution >= 4 is 11.5 Å². The first-order valence-corrected chi connectivity index (χ1v) is 6.54. The number of hydrogen-bond donors (Lipinski definition) is 1. The molecule has 0 bridgehead atoms. The van der Waals surface area contributed by atoms with Gasteiger partial charge in [0.25, 0.3) is 0 Å². The molecule has 2 rings (SSSR count). The van der Waals surface area contributed by atoms with Gasteiger partial charge in [-0.2, -0.15) is 0 Å². The molecule has 0 saturated carbocycles. The summed E-state index contributed by atoms with van der Waals surface area (Å²) in [5.41, 5.74) is 9.41. The Bertz CT molecular complexity index is 570. The van der Waals surface area contributed by atoms with Crippen LogP contribution in [0.15, 0.2) is 48.5 Å². The number of hydrogen-bond acceptors (Lipinski definition) is 2. The van der Waals surface area contributed by atoms with Crippen LogP contribution in [0.1, 0.15) is 41.3 Å². The van der Waals surface area contributed by atoms with Crippen LogP contribution in [0.5, 0.6) is 0 Å². The molecule has 19 heavy (non-hydrogen) atoms. The first-order chi connectivity index (χ1) is 9.08. The number of rotatable bonds is 4. The number of para-hydroxylation sites is 1. The van der Waals surface area contributed by atoms with Crippen molar-refractivity contribution < 1.29 is 4.79 Å². The van der Waals surface area contributed by atoms with E-state index >= 15 is 0 Å². The summed E-state index contributed by atoms with van der Waals surface area (Å²) in [7, 11) is 0. The van der Waals surface area contributed by atoms with Crippen molar-refractivity contribution in [1.82, 2.24) is 0 Å². The maximum Gasteiger partial charge on any atom is 0.167 e. The van der Waals surface area contributed by atoms with E-state index in [1.807, 2.05) is 48.5 Å². The number of nitrogens with two attached hydrogens (primary N) is 1. The SMILES string of the molecule is CC(C)c1ccc(C(=O)Cc2ccccc2N)cc1. The Morgan fingerprint density at radius 3 is 2.26 bits per heavy atom. The molecule has 2 aromatic carbocycles. The molecule has 0 radical (unpaired) electrons. The zero-order valence-corrected chi connectivity index (χ0v) is 11.4. The van der Waals surface area contributed by atoms with Gasteiger partial charge in [0.1, 0.15) is 0 Å². The third kappa shape index (κ3) is 3.22. The highest BCUT2D eigenvalue weighted by Gasteiger charge is 2.09. The maximum absolute atomic E-state index is 12.2. The summed E-state index contributed by atoms with van der Waals surface area (Å²) in [5.74, 6) is 0.585. The molecule has 98 valence electrons. The topological polar surface area (TPSA) is 43.1 Å². The van der Waals surface area contributed by atoms with E-state index in [1.54, 1.807) is 0 Å². The lowest BCUT2D eigenvalue weighted by Gasteiger charge is -2.07. The zero-order valence-electron chi connectivity index (χ0n) is 11.4. The average Bonchev–Trinajstić information content (AvgIpc) is 2.41. The van der Waals surface area contributed by atoms with Crippen LogP contribution in [0.4, 0.5) is 5.69 Å². The minimum absolute atomic E-state index is 0.105. The summed E-state index contributed by atoms with van der Waals surface area (Å²) in [5, 5.41) is 0. The van der Waals surface area contributed by atoms with E-state index in [0.717, 1.165) is 11.1 Å². The van der Waals surface area contributed by atoms with Gasteiger partial charge in [0.05, 0.1) is 0 Å². The Kier molecular flexibility index (Phi) is 4.00. The van der Waals surface area contributed by atoms with Crippen LogP contribution in [0.2, 0.25) is 0 Å². The first kappa shape index (κ1) is 13.3. The number of benzene rings is 2. The van der Waals surface area contributed by atoms with Gasteiger partial charge in [-0.3, -0.25) is 4.79 Å². The van der Waals surface area contributed by atoms with Crippen molar-refractivity contribution in [3.63, 3.8) is 0 Å². The van der Waals surface area contributed by atoms with E-state index in [2.05, 4.69) is 13.8 Å². The van der Waals surface area contributed by atoms with Crippen LogP contribution in [0.3, 0.4) is 0 Å². The predicted octanol–water partition coefficient (Wildman–Crippen LogP) is 3.82. The molecule has 2 heteroatoms. The van der Waals surface area contributed by atoms with Gasteiger partial charge in [0.2, 0.25) is 0 Å². The third-order valence-electron chi connectivity index (χ3n) is 3.31. The van der Waals surface area contributed by atoms with Crippen molar-refractivity contribution in [2.75, 3.05) is 5.73 Å². The molecule has 2 aromatic rings. The second kappa shape index (κ2) is 5.70. The fourth-order valence-electron chi connectivity index (χ4n) is 2.02. The molecule has 0 atom stereocenters. The summed E-state index contributed by atoms with van der Waals surface area (Å²) >= 11 is 0. The second-order valence-corrected chi connectivity index (χ2v) is 5.08. The Morgan fingerprint density at radius 1 is 1.05 bits per heavy atom.